The number of fused-ring (bicyclic) bond motifs is 5. The third kappa shape index (κ3) is 1.34. The second-order valence-electron chi connectivity index (χ2n) is 4.33. The van der Waals surface area contributed by atoms with E-state index in [0.717, 1.165) is 0 Å². The van der Waals surface area contributed by atoms with Gasteiger partial charge in [0.2, 0.25) is 0 Å². The van der Waals surface area contributed by atoms with Crippen LogP contribution in [0.2, 0.25) is 0 Å². The van der Waals surface area contributed by atoms with Gasteiger partial charge in [-0.1, -0.05) is 12.1 Å². The summed E-state index contributed by atoms with van der Waals surface area (Å²) in [6, 6.07) is 11.2. The smallest absolute Gasteiger partial charge is 0.348 e. The highest BCUT2D eigenvalue weighted by Crippen LogP contribution is 2.31. The van der Waals surface area contributed by atoms with Gasteiger partial charge in [-0.15, -0.1) is 0 Å². The molecule has 0 saturated heterocycles. The van der Waals surface area contributed by atoms with E-state index in [1.807, 2.05) is 6.07 Å². The van der Waals surface area contributed by atoms with Crippen LogP contribution in [0.3, 0.4) is 0 Å². The number of furan rings is 1. The van der Waals surface area contributed by atoms with E-state index in [0.29, 0.717) is 32.9 Å². The number of hydrogen-bond acceptors (Lipinski definition) is 3. The lowest BCUT2D eigenvalue weighted by atomic mass is 10.1. The van der Waals surface area contributed by atoms with Crippen molar-refractivity contribution >= 4 is 32.9 Å². The Hall–Kier alpha value is -2.62. The van der Waals surface area contributed by atoms with Crippen LogP contribution in [0.4, 0.5) is 4.39 Å². The first-order chi connectivity index (χ1) is 9.24. The lowest BCUT2D eigenvalue weighted by molar-refractivity contribution is 0.567. The average Bonchev–Trinajstić information content (AvgIpc) is 2.78. The Labute approximate surface area is 105 Å². The van der Waals surface area contributed by atoms with E-state index in [1.165, 1.54) is 18.2 Å². The molecule has 0 unspecified atom stereocenters. The molecular weight excluding hydrogens is 247 g/mol. The van der Waals surface area contributed by atoms with E-state index in [1.54, 1.807) is 18.2 Å². The first-order valence-corrected chi connectivity index (χ1v) is 5.77. The van der Waals surface area contributed by atoms with Crippen molar-refractivity contribution in [3.63, 3.8) is 0 Å². The lowest BCUT2D eigenvalue weighted by Gasteiger charge is -1.95. The standard InChI is InChI=1S/C15H7FO3/c16-8-5-6-9-12(7-8)18-14-10-3-1-2-4-11(10)19-15(17)13(9)14/h1-7H. The summed E-state index contributed by atoms with van der Waals surface area (Å²) < 4.78 is 24.1. The molecule has 0 spiro atoms. The zero-order valence-corrected chi connectivity index (χ0v) is 9.64. The van der Waals surface area contributed by atoms with Crippen LogP contribution in [0.5, 0.6) is 0 Å². The quantitative estimate of drug-likeness (QED) is 0.448. The van der Waals surface area contributed by atoms with Crippen LogP contribution in [0.25, 0.3) is 32.9 Å². The van der Waals surface area contributed by atoms with E-state index >= 15 is 0 Å². The molecule has 2 aromatic heterocycles. The van der Waals surface area contributed by atoms with Crippen LogP contribution in [0, 0.1) is 5.82 Å². The zero-order chi connectivity index (χ0) is 13.0. The molecule has 0 aliphatic heterocycles. The molecule has 0 atom stereocenters. The van der Waals surface area contributed by atoms with Crippen LogP contribution < -0.4 is 5.63 Å². The molecule has 0 bridgehead atoms. The fraction of sp³-hybridized carbons (Fsp3) is 0. The summed E-state index contributed by atoms with van der Waals surface area (Å²) >= 11 is 0. The van der Waals surface area contributed by atoms with Gasteiger partial charge in [0, 0.05) is 11.5 Å². The van der Waals surface area contributed by atoms with Gasteiger partial charge in [0.05, 0.1) is 5.39 Å². The summed E-state index contributed by atoms with van der Waals surface area (Å²) in [7, 11) is 0. The molecule has 0 radical (unpaired) electrons. The van der Waals surface area contributed by atoms with Gasteiger partial charge in [0.1, 0.15) is 22.4 Å². The maximum atomic E-state index is 13.2. The second kappa shape index (κ2) is 3.45. The maximum absolute atomic E-state index is 13.2. The highest BCUT2D eigenvalue weighted by molar-refractivity contribution is 6.12. The maximum Gasteiger partial charge on any atom is 0.348 e. The summed E-state index contributed by atoms with van der Waals surface area (Å²) in [5, 5.41) is 1.62. The molecule has 92 valence electrons. The largest absolute Gasteiger partial charge is 0.455 e. The predicted molar refractivity (Wildman–Crippen MR) is 69.7 cm³/mol. The zero-order valence-electron chi connectivity index (χ0n) is 9.64. The van der Waals surface area contributed by atoms with Gasteiger partial charge >= 0.3 is 5.63 Å². The third-order valence-corrected chi connectivity index (χ3v) is 3.19. The fourth-order valence-electron chi connectivity index (χ4n) is 2.36. The topological polar surface area (TPSA) is 43.4 Å². The van der Waals surface area contributed by atoms with Crippen LogP contribution >= 0.6 is 0 Å². The SMILES string of the molecule is O=c1oc2ccccc2c2oc3cc(F)ccc3c12. The average molecular weight is 254 g/mol. The summed E-state index contributed by atoms with van der Waals surface area (Å²) in [4.78, 5) is 12.0. The van der Waals surface area contributed by atoms with Crippen molar-refractivity contribution < 1.29 is 13.2 Å². The number of halogens is 1. The van der Waals surface area contributed by atoms with E-state index in [2.05, 4.69) is 0 Å². The molecular formula is C15H7FO3. The van der Waals surface area contributed by atoms with Crippen molar-refractivity contribution in [1.29, 1.82) is 0 Å². The van der Waals surface area contributed by atoms with Crippen molar-refractivity contribution in [2.24, 2.45) is 0 Å². The highest BCUT2D eigenvalue weighted by Gasteiger charge is 2.15. The molecule has 0 amide bonds. The number of rotatable bonds is 0. The van der Waals surface area contributed by atoms with Crippen LogP contribution in [-0.2, 0) is 0 Å². The summed E-state index contributed by atoms with van der Waals surface area (Å²) in [6.45, 7) is 0. The Morgan fingerprint density at radius 1 is 0.895 bits per heavy atom. The number of hydrogen-bond donors (Lipinski definition) is 0. The molecule has 0 fully saturated rings. The van der Waals surface area contributed by atoms with Crippen molar-refractivity contribution in [2.45, 2.75) is 0 Å². The minimum atomic E-state index is -0.473. The minimum absolute atomic E-state index is 0.346. The van der Waals surface area contributed by atoms with Gasteiger partial charge in [0.25, 0.3) is 0 Å². The summed E-state index contributed by atoms with van der Waals surface area (Å²) in [5.41, 5.74) is 0.768. The monoisotopic (exact) mass is 254 g/mol. The normalized spacial score (nSPS) is 11.6. The fourth-order valence-corrected chi connectivity index (χ4v) is 2.36. The van der Waals surface area contributed by atoms with Gasteiger partial charge < -0.3 is 8.83 Å². The minimum Gasteiger partial charge on any atom is -0.455 e. The molecule has 4 heteroatoms. The molecule has 2 aromatic carbocycles. The molecule has 0 aliphatic rings. The van der Waals surface area contributed by atoms with Crippen molar-refractivity contribution in [3.05, 3.63) is 58.7 Å². The van der Waals surface area contributed by atoms with E-state index < -0.39 is 11.4 Å². The molecule has 19 heavy (non-hydrogen) atoms. The third-order valence-electron chi connectivity index (χ3n) is 3.19. The predicted octanol–water partition coefficient (Wildman–Crippen LogP) is 3.83. The molecule has 4 aromatic rings. The van der Waals surface area contributed by atoms with Gasteiger partial charge in [-0.05, 0) is 24.3 Å². The Bertz CT molecular complexity index is 995. The lowest BCUT2D eigenvalue weighted by Crippen LogP contribution is -1.97. The van der Waals surface area contributed by atoms with Crippen LogP contribution in [-0.4, -0.2) is 0 Å². The van der Waals surface area contributed by atoms with Gasteiger partial charge in [-0.3, -0.25) is 0 Å². The Morgan fingerprint density at radius 2 is 1.74 bits per heavy atom. The molecule has 0 aliphatic carbocycles. The molecule has 0 saturated carbocycles. The van der Waals surface area contributed by atoms with Crippen molar-refractivity contribution in [1.82, 2.24) is 0 Å². The van der Waals surface area contributed by atoms with Gasteiger partial charge in [0.15, 0.2) is 5.58 Å². The second-order valence-corrected chi connectivity index (χ2v) is 4.33. The molecule has 0 N–H and O–H groups in total. The van der Waals surface area contributed by atoms with E-state index in [9.17, 15) is 9.18 Å². The summed E-state index contributed by atoms with van der Waals surface area (Å²) in [5.74, 6) is -0.403. The molecule has 3 nitrogen and oxygen atoms in total. The summed E-state index contributed by atoms with van der Waals surface area (Å²) in [6.07, 6.45) is 0. The van der Waals surface area contributed by atoms with Crippen LogP contribution in [0.1, 0.15) is 0 Å². The van der Waals surface area contributed by atoms with Gasteiger partial charge in [-0.25, -0.2) is 9.18 Å². The van der Waals surface area contributed by atoms with Crippen molar-refractivity contribution in [2.75, 3.05) is 0 Å². The first kappa shape index (κ1) is 10.3. The highest BCUT2D eigenvalue weighted by atomic mass is 19.1. The Morgan fingerprint density at radius 3 is 2.63 bits per heavy atom. The molecule has 4 rings (SSSR count). The number of benzene rings is 2. The Balaban J connectivity index is 2.37. The first-order valence-electron chi connectivity index (χ1n) is 5.77. The van der Waals surface area contributed by atoms with E-state index in [-0.39, 0.29) is 0 Å². The van der Waals surface area contributed by atoms with Crippen molar-refractivity contribution in [3.8, 4) is 0 Å². The van der Waals surface area contributed by atoms with Crippen LogP contribution in [0.15, 0.2) is 56.1 Å². The number of para-hydroxylation sites is 1. The van der Waals surface area contributed by atoms with Gasteiger partial charge in [-0.2, -0.15) is 0 Å². The molecule has 2 heterocycles. The Kier molecular flexibility index (Phi) is 1.87. The van der Waals surface area contributed by atoms with E-state index in [4.69, 9.17) is 8.83 Å².